The van der Waals surface area contributed by atoms with Crippen molar-refractivity contribution in [2.75, 3.05) is 20.3 Å². The molecule has 1 fully saturated rings. The lowest BCUT2D eigenvalue weighted by molar-refractivity contribution is -0.133. The van der Waals surface area contributed by atoms with E-state index in [4.69, 9.17) is 15.2 Å². The SMILES string of the molecule is CCN(C(=O)COc1cc(OC)ccc1[C@@H](C)N)C1CC1. The Morgan fingerprint density at radius 2 is 2.19 bits per heavy atom. The first-order valence-corrected chi connectivity index (χ1v) is 7.42. The maximum atomic E-state index is 12.2. The standard InChI is InChI=1S/C16H24N2O3/c1-4-18(12-5-6-12)16(19)10-21-15-9-13(20-3)7-8-14(15)11(2)17/h7-9,11-12H,4-6,10,17H2,1-3H3/t11-/m1/s1. The largest absolute Gasteiger partial charge is 0.497 e. The predicted octanol–water partition coefficient (Wildman–Crippen LogP) is 2.10. The Labute approximate surface area is 126 Å². The van der Waals surface area contributed by atoms with Gasteiger partial charge in [-0.3, -0.25) is 4.79 Å². The lowest BCUT2D eigenvalue weighted by Crippen LogP contribution is -2.36. The summed E-state index contributed by atoms with van der Waals surface area (Å²) in [6, 6.07) is 5.74. The number of ether oxygens (including phenoxy) is 2. The number of rotatable bonds is 7. The van der Waals surface area contributed by atoms with Crippen LogP contribution in [0.15, 0.2) is 18.2 Å². The van der Waals surface area contributed by atoms with Gasteiger partial charge in [0.2, 0.25) is 0 Å². The van der Waals surface area contributed by atoms with Crippen LogP contribution >= 0.6 is 0 Å². The van der Waals surface area contributed by atoms with Crippen molar-refractivity contribution < 1.29 is 14.3 Å². The summed E-state index contributed by atoms with van der Waals surface area (Å²) >= 11 is 0. The number of likely N-dealkylation sites (N-methyl/N-ethyl adjacent to an activating group) is 1. The van der Waals surface area contributed by atoms with E-state index in [0.29, 0.717) is 17.5 Å². The number of hydrogen-bond donors (Lipinski definition) is 1. The molecular weight excluding hydrogens is 268 g/mol. The molecule has 5 nitrogen and oxygen atoms in total. The minimum absolute atomic E-state index is 0.0263. The summed E-state index contributed by atoms with van der Waals surface area (Å²) in [5.74, 6) is 1.33. The van der Waals surface area contributed by atoms with Gasteiger partial charge in [-0.15, -0.1) is 0 Å². The predicted molar refractivity (Wildman–Crippen MR) is 81.5 cm³/mol. The molecule has 0 saturated heterocycles. The topological polar surface area (TPSA) is 64.8 Å². The molecule has 0 aromatic heterocycles. The first-order chi connectivity index (χ1) is 10.1. The van der Waals surface area contributed by atoms with Crippen molar-refractivity contribution in [3.63, 3.8) is 0 Å². The van der Waals surface area contributed by atoms with E-state index in [9.17, 15) is 4.79 Å². The Morgan fingerprint density at radius 3 is 2.71 bits per heavy atom. The summed E-state index contributed by atoms with van der Waals surface area (Å²) in [5, 5.41) is 0. The van der Waals surface area contributed by atoms with Crippen LogP contribution in [0.25, 0.3) is 0 Å². The second kappa shape index (κ2) is 6.80. The third-order valence-electron chi connectivity index (χ3n) is 3.71. The molecule has 0 unspecified atom stereocenters. The van der Waals surface area contributed by atoms with Gasteiger partial charge >= 0.3 is 0 Å². The third kappa shape index (κ3) is 3.88. The summed E-state index contributed by atoms with van der Waals surface area (Å²) in [5.41, 5.74) is 6.81. The Morgan fingerprint density at radius 1 is 1.48 bits per heavy atom. The molecule has 1 amide bonds. The van der Waals surface area contributed by atoms with Crippen LogP contribution in [0.4, 0.5) is 0 Å². The summed E-state index contributed by atoms with van der Waals surface area (Å²) in [7, 11) is 1.60. The Hall–Kier alpha value is -1.75. The number of carbonyl (C=O) groups excluding carboxylic acids is 1. The minimum Gasteiger partial charge on any atom is -0.497 e. The van der Waals surface area contributed by atoms with Crippen LogP contribution in [0.5, 0.6) is 11.5 Å². The van der Waals surface area contributed by atoms with Gasteiger partial charge in [-0.25, -0.2) is 0 Å². The molecule has 21 heavy (non-hydrogen) atoms. The molecule has 2 N–H and O–H groups in total. The van der Waals surface area contributed by atoms with E-state index < -0.39 is 0 Å². The van der Waals surface area contributed by atoms with Crippen LogP contribution in [0, 0.1) is 0 Å². The van der Waals surface area contributed by atoms with Crippen molar-refractivity contribution in [1.29, 1.82) is 0 Å². The van der Waals surface area contributed by atoms with Gasteiger partial charge in [0.25, 0.3) is 5.91 Å². The highest BCUT2D eigenvalue weighted by atomic mass is 16.5. The van der Waals surface area contributed by atoms with E-state index in [-0.39, 0.29) is 18.6 Å². The molecule has 2 rings (SSSR count). The van der Waals surface area contributed by atoms with Gasteiger partial charge in [0.05, 0.1) is 7.11 Å². The van der Waals surface area contributed by atoms with Gasteiger partial charge in [0.15, 0.2) is 6.61 Å². The fraction of sp³-hybridized carbons (Fsp3) is 0.562. The van der Waals surface area contributed by atoms with Crippen LogP contribution in [-0.2, 0) is 4.79 Å². The van der Waals surface area contributed by atoms with Gasteiger partial charge in [0.1, 0.15) is 11.5 Å². The van der Waals surface area contributed by atoms with Gasteiger partial charge in [-0.05, 0) is 32.8 Å². The van der Waals surface area contributed by atoms with Crippen molar-refractivity contribution in [2.24, 2.45) is 5.73 Å². The lowest BCUT2D eigenvalue weighted by Gasteiger charge is -2.21. The maximum Gasteiger partial charge on any atom is 0.260 e. The number of benzene rings is 1. The van der Waals surface area contributed by atoms with Crippen molar-refractivity contribution in [1.82, 2.24) is 4.90 Å². The van der Waals surface area contributed by atoms with Crippen LogP contribution in [0.3, 0.4) is 0 Å². The monoisotopic (exact) mass is 292 g/mol. The number of nitrogens with two attached hydrogens (primary N) is 1. The van der Waals surface area contributed by atoms with Gasteiger partial charge < -0.3 is 20.1 Å². The Kier molecular flexibility index (Phi) is 5.07. The Balaban J connectivity index is 2.05. The molecule has 1 aliphatic carbocycles. The number of hydrogen-bond acceptors (Lipinski definition) is 4. The molecule has 0 heterocycles. The average Bonchev–Trinajstić information content (AvgIpc) is 3.30. The highest BCUT2D eigenvalue weighted by molar-refractivity contribution is 5.78. The van der Waals surface area contributed by atoms with E-state index in [0.717, 1.165) is 24.9 Å². The molecule has 1 aromatic carbocycles. The van der Waals surface area contributed by atoms with Crippen LogP contribution in [0.2, 0.25) is 0 Å². The van der Waals surface area contributed by atoms with E-state index in [2.05, 4.69) is 0 Å². The van der Waals surface area contributed by atoms with Crippen LogP contribution < -0.4 is 15.2 Å². The summed E-state index contributed by atoms with van der Waals surface area (Å²) in [6.45, 7) is 4.65. The molecule has 0 radical (unpaired) electrons. The summed E-state index contributed by atoms with van der Waals surface area (Å²) < 4.78 is 10.9. The quantitative estimate of drug-likeness (QED) is 0.836. The summed E-state index contributed by atoms with van der Waals surface area (Å²) in [6.07, 6.45) is 2.20. The number of amides is 1. The van der Waals surface area contributed by atoms with E-state index in [1.54, 1.807) is 13.2 Å². The first-order valence-electron chi connectivity index (χ1n) is 7.42. The fourth-order valence-corrected chi connectivity index (χ4v) is 2.39. The molecule has 1 atom stereocenters. The third-order valence-corrected chi connectivity index (χ3v) is 3.71. The second-order valence-corrected chi connectivity index (χ2v) is 5.39. The second-order valence-electron chi connectivity index (χ2n) is 5.39. The van der Waals surface area contributed by atoms with Gasteiger partial charge in [-0.2, -0.15) is 0 Å². The molecule has 1 saturated carbocycles. The molecule has 0 bridgehead atoms. The van der Waals surface area contributed by atoms with Crippen LogP contribution in [-0.4, -0.2) is 37.1 Å². The first kappa shape index (κ1) is 15.6. The normalized spacial score (nSPS) is 15.4. The van der Waals surface area contributed by atoms with Crippen molar-refractivity contribution in [3.05, 3.63) is 23.8 Å². The zero-order valence-corrected chi connectivity index (χ0v) is 13.0. The Bertz CT molecular complexity index is 498. The zero-order chi connectivity index (χ0) is 15.4. The van der Waals surface area contributed by atoms with Gasteiger partial charge in [0, 0.05) is 30.3 Å². The highest BCUT2D eigenvalue weighted by Crippen LogP contribution is 2.29. The van der Waals surface area contributed by atoms with Crippen molar-refractivity contribution >= 4 is 5.91 Å². The summed E-state index contributed by atoms with van der Waals surface area (Å²) in [4.78, 5) is 14.1. The molecule has 0 spiro atoms. The molecule has 116 valence electrons. The number of carbonyl (C=O) groups is 1. The zero-order valence-electron chi connectivity index (χ0n) is 13.0. The smallest absolute Gasteiger partial charge is 0.260 e. The average molecular weight is 292 g/mol. The molecule has 1 aliphatic rings. The lowest BCUT2D eigenvalue weighted by atomic mass is 10.1. The molecule has 5 heteroatoms. The van der Waals surface area contributed by atoms with Gasteiger partial charge in [-0.1, -0.05) is 6.07 Å². The molecule has 1 aromatic rings. The fourth-order valence-electron chi connectivity index (χ4n) is 2.39. The van der Waals surface area contributed by atoms with Crippen molar-refractivity contribution in [3.8, 4) is 11.5 Å². The van der Waals surface area contributed by atoms with E-state index in [1.807, 2.05) is 30.9 Å². The van der Waals surface area contributed by atoms with E-state index in [1.165, 1.54) is 0 Å². The van der Waals surface area contributed by atoms with E-state index >= 15 is 0 Å². The maximum absolute atomic E-state index is 12.2. The number of methoxy groups -OCH3 is 1. The molecular formula is C16H24N2O3. The molecule has 0 aliphatic heterocycles. The highest BCUT2D eigenvalue weighted by Gasteiger charge is 2.31. The number of nitrogens with zero attached hydrogens (tertiary/aromatic N) is 1. The van der Waals surface area contributed by atoms with Crippen LogP contribution in [0.1, 0.15) is 38.3 Å². The van der Waals surface area contributed by atoms with Crippen molar-refractivity contribution in [2.45, 2.75) is 38.8 Å². The minimum atomic E-state index is -0.160.